The van der Waals surface area contributed by atoms with Gasteiger partial charge in [0.25, 0.3) is 0 Å². The van der Waals surface area contributed by atoms with Crippen molar-refractivity contribution in [1.29, 1.82) is 0 Å². The van der Waals surface area contributed by atoms with E-state index >= 15 is 0 Å². The number of imidazole rings is 1. The Morgan fingerprint density at radius 3 is 2.70 bits per heavy atom. The Kier molecular flexibility index (Phi) is 4.78. The molecule has 2 heterocycles. The van der Waals surface area contributed by atoms with Gasteiger partial charge in [-0.05, 0) is 11.6 Å². The third-order valence-corrected chi connectivity index (χ3v) is 5.41. The third-order valence-electron chi connectivity index (χ3n) is 3.96. The first-order chi connectivity index (χ1) is 13.0. The van der Waals surface area contributed by atoms with Gasteiger partial charge >= 0.3 is 5.97 Å². The van der Waals surface area contributed by atoms with E-state index in [-0.39, 0.29) is 5.69 Å². The SMILES string of the molecule is O=C(O)c1cn2c(-c3cc(Cl)c(OCc4ccccc4)cc3Cl)csc2n1. The van der Waals surface area contributed by atoms with E-state index < -0.39 is 5.97 Å². The van der Waals surface area contributed by atoms with Gasteiger partial charge in [-0.25, -0.2) is 9.78 Å². The molecule has 0 aliphatic heterocycles. The van der Waals surface area contributed by atoms with Gasteiger partial charge in [-0.3, -0.25) is 4.40 Å². The van der Waals surface area contributed by atoms with E-state index in [1.54, 1.807) is 16.5 Å². The molecule has 0 atom stereocenters. The fraction of sp³-hybridized carbons (Fsp3) is 0.0526. The second-order valence-corrected chi connectivity index (χ2v) is 7.39. The average molecular weight is 419 g/mol. The summed E-state index contributed by atoms with van der Waals surface area (Å²) in [6, 6.07) is 13.1. The maximum Gasteiger partial charge on any atom is 0.356 e. The molecule has 0 saturated carbocycles. The van der Waals surface area contributed by atoms with Crippen LogP contribution < -0.4 is 4.74 Å². The minimum Gasteiger partial charge on any atom is -0.487 e. The summed E-state index contributed by atoms with van der Waals surface area (Å²) in [6.45, 7) is 0.377. The number of hydrogen-bond acceptors (Lipinski definition) is 4. The summed E-state index contributed by atoms with van der Waals surface area (Å²) in [5.74, 6) is -0.594. The fourth-order valence-electron chi connectivity index (χ4n) is 2.65. The highest BCUT2D eigenvalue weighted by atomic mass is 35.5. The van der Waals surface area contributed by atoms with Gasteiger partial charge in [-0.2, -0.15) is 0 Å². The monoisotopic (exact) mass is 418 g/mol. The number of carbonyl (C=O) groups is 1. The maximum atomic E-state index is 11.1. The molecule has 0 aliphatic carbocycles. The van der Waals surface area contributed by atoms with Crippen molar-refractivity contribution >= 4 is 45.5 Å². The van der Waals surface area contributed by atoms with E-state index in [4.69, 9.17) is 33.0 Å². The number of rotatable bonds is 5. The van der Waals surface area contributed by atoms with Crippen molar-refractivity contribution < 1.29 is 14.6 Å². The van der Waals surface area contributed by atoms with E-state index in [1.165, 1.54) is 17.5 Å². The zero-order valence-electron chi connectivity index (χ0n) is 13.7. The molecule has 0 unspecified atom stereocenters. The van der Waals surface area contributed by atoms with E-state index in [0.717, 1.165) is 11.3 Å². The molecule has 8 heteroatoms. The van der Waals surface area contributed by atoms with Crippen molar-refractivity contribution in [3.05, 3.63) is 75.3 Å². The Hall–Kier alpha value is -2.54. The lowest BCUT2D eigenvalue weighted by Gasteiger charge is -2.11. The molecule has 0 fully saturated rings. The minimum absolute atomic E-state index is 0.0202. The van der Waals surface area contributed by atoms with Crippen molar-refractivity contribution in [2.75, 3.05) is 0 Å². The maximum absolute atomic E-state index is 11.1. The Morgan fingerprint density at radius 2 is 1.96 bits per heavy atom. The third kappa shape index (κ3) is 3.51. The van der Waals surface area contributed by atoms with Crippen LogP contribution in [0, 0.1) is 0 Å². The molecule has 0 aliphatic rings. The first-order valence-corrected chi connectivity index (χ1v) is 9.52. The van der Waals surface area contributed by atoms with Crippen molar-refractivity contribution in [1.82, 2.24) is 9.38 Å². The molecule has 4 rings (SSSR count). The summed E-state index contributed by atoms with van der Waals surface area (Å²) in [4.78, 5) is 15.8. The summed E-state index contributed by atoms with van der Waals surface area (Å²) < 4.78 is 7.48. The molecule has 2 aromatic heterocycles. The topological polar surface area (TPSA) is 63.8 Å². The molecule has 0 saturated heterocycles. The lowest BCUT2D eigenvalue weighted by molar-refractivity contribution is 0.0691. The van der Waals surface area contributed by atoms with Gasteiger partial charge in [0, 0.05) is 23.2 Å². The summed E-state index contributed by atoms with van der Waals surface area (Å²) in [5, 5.41) is 11.8. The fourth-order valence-corrected chi connectivity index (χ4v) is 3.99. The molecule has 0 radical (unpaired) electrons. The molecule has 136 valence electrons. The van der Waals surface area contributed by atoms with Crippen molar-refractivity contribution in [2.24, 2.45) is 0 Å². The van der Waals surface area contributed by atoms with Gasteiger partial charge in [0.2, 0.25) is 0 Å². The van der Waals surface area contributed by atoms with Crippen molar-refractivity contribution in [3.63, 3.8) is 0 Å². The van der Waals surface area contributed by atoms with Crippen LogP contribution in [0.4, 0.5) is 0 Å². The quantitative estimate of drug-likeness (QED) is 0.454. The Morgan fingerprint density at radius 1 is 1.19 bits per heavy atom. The highest BCUT2D eigenvalue weighted by Crippen LogP contribution is 2.38. The largest absolute Gasteiger partial charge is 0.487 e. The molecular formula is C19H12Cl2N2O3S. The standard InChI is InChI=1S/C19H12Cl2N2O3S/c20-13-7-17(26-9-11-4-2-1-3-5-11)14(21)6-12(13)16-10-27-19-22-15(18(24)25)8-23(16)19/h1-8,10H,9H2,(H,24,25). The number of halogens is 2. The van der Waals surface area contributed by atoms with E-state index in [1.807, 2.05) is 35.7 Å². The summed E-state index contributed by atoms with van der Waals surface area (Å²) in [5.41, 5.74) is 2.40. The van der Waals surface area contributed by atoms with E-state index in [9.17, 15) is 4.79 Å². The van der Waals surface area contributed by atoms with Crippen LogP contribution in [0.25, 0.3) is 16.2 Å². The van der Waals surface area contributed by atoms with E-state index in [2.05, 4.69) is 4.98 Å². The zero-order chi connectivity index (χ0) is 19.0. The number of aromatic nitrogens is 2. The number of thiazole rings is 1. The zero-order valence-corrected chi connectivity index (χ0v) is 16.1. The van der Waals surface area contributed by atoms with Crippen LogP contribution >= 0.6 is 34.5 Å². The van der Waals surface area contributed by atoms with Gasteiger partial charge < -0.3 is 9.84 Å². The van der Waals surface area contributed by atoms with Gasteiger partial charge in [-0.1, -0.05) is 53.5 Å². The number of benzene rings is 2. The van der Waals surface area contributed by atoms with Crippen LogP contribution in [0.1, 0.15) is 16.1 Å². The Balaban J connectivity index is 1.66. The van der Waals surface area contributed by atoms with Crippen molar-refractivity contribution in [2.45, 2.75) is 6.61 Å². The molecule has 27 heavy (non-hydrogen) atoms. The van der Waals surface area contributed by atoms with Gasteiger partial charge in [0.15, 0.2) is 10.7 Å². The second-order valence-electron chi connectivity index (χ2n) is 5.74. The Bertz CT molecular complexity index is 1140. The number of carboxylic acid groups (broad SMARTS) is 1. The molecule has 0 amide bonds. The highest BCUT2D eigenvalue weighted by Gasteiger charge is 2.17. The normalized spacial score (nSPS) is 11.0. The van der Waals surface area contributed by atoms with Crippen LogP contribution in [0.2, 0.25) is 10.0 Å². The smallest absolute Gasteiger partial charge is 0.356 e. The summed E-state index contributed by atoms with van der Waals surface area (Å²) in [6.07, 6.45) is 1.47. The molecule has 5 nitrogen and oxygen atoms in total. The first-order valence-electron chi connectivity index (χ1n) is 7.89. The molecule has 0 bridgehead atoms. The number of ether oxygens (including phenoxy) is 1. The first kappa shape index (κ1) is 17.9. The van der Waals surface area contributed by atoms with Crippen LogP contribution in [-0.4, -0.2) is 20.5 Å². The predicted octanol–water partition coefficient (Wildman–Crippen LogP) is 5.65. The average Bonchev–Trinajstić information content (AvgIpc) is 3.24. The number of nitrogens with zero attached hydrogens (tertiary/aromatic N) is 2. The predicted molar refractivity (Wildman–Crippen MR) is 106 cm³/mol. The van der Waals surface area contributed by atoms with Gasteiger partial charge in [0.05, 0.1) is 15.7 Å². The van der Waals surface area contributed by atoms with Gasteiger partial charge in [0.1, 0.15) is 12.4 Å². The Labute approximate surface area is 168 Å². The molecule has 1 N–H and O–H groups in total. The molecular weight excluding hydrogens is 407 g/mol. The number of carboxylic acids is 1. The highest BCUT2D eigenvalue weighted by molar-refractivity contribution is 7.15. The van der Waals surface area contributed by atoms with Gasteiger partial charge in [-0.15, -0.1) is 11.3 Å². The van der Waals surface area contributed by atoms with Crippen LogP contribution in [-0.2, 0) is 6.61 Å². The number of hydrogen-bond donors (Lipinski definition) is 1. The molecule has 4 aromatic rings. The van der Waals surface area contributed by atoms with Crippen LogP contribution in [0.5, 0.6) is 5.75 Å². The van der Waals surface area contributed by atoms with Crippen LogP contribution in [0.3, 0.4) is 0 Å². The summed E-state index contributed by atoms with van der Waals surface area (Å²) >= 11 is 14.2. The second kappa shape index (κ2) is 7.23. The lowest BCUT2D eigenvalue weighted by atomic mass is 10.1. The van der Waals surface area contributed by atoms with E-state index in [0.29, 0.717) is 32.9 Å². The lowest BCUT2D eigenvalue weighted by Crippen LogP contribution is -1.97. The molecule has 2 aromatic carbocycles. The van der Waals surface area contributed by atoms with Crippen molar-refractivity contribution in [3.8, 4) is 17.0 Å². The van der Waals surface area contributed by atoms with Crippen LogP contribution in [0.15, 0.2) is 54.0 Å². The number of fused-ring (bicyclic) bond motifs is 1. The summed E-state index contributed by atoms with van der Waals surface area (Å²) in [7, 11) is 0. The number of aromatic carboxylic acids is 1. The molecule has 0 spiro atoms. The minimum atomic E-state index is -1.08.